The molecule has 1 aliphatic heterocycles. The van der Waals surface area contributed by atoms with Gasteiger partial charge in [-0.25, -0.2) is 0 Å². The van der Waals surface area contributed by atoms with Crippen molar-refractivity contribution in [2.45, 2.75) is 46.2 Å². The summed E-state index contributed by atoms with van der Waals surface area (Å²) in [6.07, 6.45) is 6.03. The predicted octanol–water partition coefficient (Wildman–Crippen LogP) is 2.10. The molecule has 0 aromatic rings. The molecule has 0 saturated carbocycles. The second-order valence-corrected chi connectivity index (χ2v) is 3.52. The van der Waals surface area contributed by atoms with Gasteiger partial charge < -0.3 is 4.90 Å². The minimum atomic E-state index is 0.514. The highest BCUT2D eigenvalue weighted by Gasteiger charge is 2.24. The Hall–Kier alpha value is -0.730. The van der Waals surface area contributed by atoms with E-state index in [9.17, 15) is 0 Å². The fourth-order valence-electron chi connectivity index (χ4n) is 1.80. The quantitative estimate of drug-likeness (QED) is 0.650. The van der Waals surface area contributed by atoms with E-state index in [1.54, 1.807) is 0 Å². The second-order valence-electron chi connectivity index (χ2n) is 3.52. The molecule has 1 rings (SSSR count). The van der Waals surface area contributed by atoms with E-state index in [1.807, 2.05) is 6.34 Å². The van der Waals surface area contributed by atoms with Crippen molar-refractivity contribution >= 4 is 6.34 Å². The maximum atomic E-state index is 4.41. The zero-order valence-electron chi connectivity index (χ0n) is 9.03. The lowest BCUT2D eigenvalue weighted by molar-refractivity contribution is 0.127. The van der Waals surface area contributed by atoms with Crippen LogP contribution in [0.3, 0.4) is 0 Å². The van der Waals surface area contributed by atoms with Gasteiger partial charge >= 0.3 is 0 Å². The first-order valence-electron chi connectivity index (χ1n) is 5.39. The van der Waals surface area contributed by atoms with Crippen molar-refractivity contribution in [1.82, 2.24) is 9.91 Å². The molecule has 0 saturated heterocycles. The van der Waals surface area contributed by atoms with Gasteiger partial charge in [-0.2, -0.15) is 5.10 Å². The van der Waals surface area contributed by atoms with Crippen molar-refractivity contribution < 1.29 is 0 Å². The SMILES string of the molecule is CCCN1C=NN(CCC)C1CC. The second kappa shape index (κ2) is 5.10. The molecule has 13 heavy (non-hydrogen) atoms. The number of hydrazone groups is 1. The van der Waals surface area contributed by atoms with Gasteiger partial charge in [0.05, 0.1) is 0 Å². The summed E-state index contributed by atoms with van der Waals surface area (Å²) in [5.41, 5.74) is 0. The fraction of sp³-hybridized carbons (Fsp3) is 0.900. The number of hydrogen-bond acceptors (Lipinski definition) is 3. The summed E-state index contributed by atoms with van der Waals surface area (Å²) in [5, 5.41) is 6.62. The van der Waals surface area contributed by atoms with Crippen LogP contribution in [0.4, 0.5) is 0 Å². The summed E-state index contributed by atoms with van der Waals surface area (Å²) < 4.78 is 0. The van der Waals surface area contributed by atoms with Crippen LogP contribution in [0.25, 0.3) is 0 Å². The monoisotopic (exact) mass is 183 g/mol. The number of hydrogen-bond donors (Lipinski definition) is 0. The van der Waals surface area contributed by atoms with Gasteiger partial charge in [-0.15, -0.1) is 0 Å². The van der Waals surface area contributed by atoms with Gasteiger partial charge in [0.25, 0.3) is 0 Å². The molecule has 0 N–H and O–H groups in total. The molecule has 76 valence electrons. The highest BCUT2D eigenvalue weighted by Crippen LogP contribution is 2.15. The van der Waals surface area contributed by atoms with Crippen LogP contribution in [0.1, 0.15) is 40.0 Å². The number of rotatable bonds is 5. The van der Waals surface area contributed by atoms with Gasteiger partial charge in [-0.05, 0) is 19.3 Å². The molecule has 0 radical (unpaired) electrons. The van der Waals surface area contributed by atoms with Crippen LogP contribution in [0.2, 0.25) is 0 Å². The largest absolute Gasteiger partial charge is 0.339 e. The smallest absolute Gasteiger partial charge is 0.118 e. The highest BCUT2D eigenvalue weighted by atomic mass is 15.6. The summed E-state index contributed by atoms with van der Waals surface area (Å²) >= 11 is 0. The molecule has 0 aromatic heterocycles. The van der Waals surface area contributed by atoms with Crippen molar-refractivity contribution in [1.29, 1.82) is 0 Å². The third-order valence-corrected chi connectivity index (χ3v) is 2.37. The highest BCUT2D eigenvalue weighted by molar-refractivity contribution is 5.56. The van der Waals surface area contributed by atoms with Crippen LogP contribution in [0.5, 0.6) is 0 Å². The van der Waals surface area contributed by atoms with Crippen molar-refractivity contribution in [3.63, 3.8) is 0 Å². The van der Waals surface area contributed by atoms with Gasteiger partial charge in [0.15, 0.2) is 0 Å². The molecule has 0 aliphatic carbocycles. The van der Waals surface area contributed by atoms with Crippen LogP contribution in [-0.4, -0.2) is 35.5 Å². The molecular formula is C10H21N3. The normalized spacial score (nSPS) is 21.6. The Morgan fingerprint density at radius 3 is 2.38 bits per heavy atom. The zero-order chi connectivity index (χ0) is 9.68. The third-order valence-electron chi connectivity index (χ3n) is 2.37. The molecule has 3 heteroatoms. The lowest BCUT2D eigenvalue weighted by Crippen LogP contribution is -2.39. The Kier molecular flexibility index (Phi) is 4.06. The van der Waals surface area contributed by atoms with Crippen LogP contribution in [0, 0.1) is 0 Å². The molecule has 0 fully saturated rings. The van der Waals surface area contributed by atoms with Crippen LogP contribution in [0.15, 0.2) is 5.10 Å². The van der Waals surface area contributed by atoms with Crippen molar-refractivity contribution in [3.05, 3.63) is 0 Å². The standard InChI is InChI=1S/C10H21N3/c1-4-7-12-9-11-13(8-5-2)10(12)6-3/h9-10H,4-8H2,1-3H3. The summed E-state index contributed by atoms with van der Waals surface area (Å²) in [6.45, 7) is 8.84. The zero-order valence-corrected chi connectivity index (χ0v) is 9.03. The molecule has 1 heterocycles. The summed E-state index contributed by atoms with van der Waals surface area (Å²) in [4.78, 5) is 2.34. The van der Waals surface area contributed by atoms with E-state index in [4.69, 9.17) is 0 Å². The van der Waals surface area contributed by atoms with Crippen LogP contribution >= 0.6 is 0 Å². The van der Waals surface area contributed by atoms with E-state index in [2.05, 4.69) is 35.8 Å². The van der Waals surface area contributed by atoms with E-state index < -0.39 is 0 Å². The van der Waals surface area contributed by atoms with Crippen molar-refractivity contribution in [2.24, 2.45) is 5.10 Å². The third kappa shape index (κ3) is 2.36. The first-order valence-corrected chi connectivity index (χ1v) is 5.39. The summed E-state index contributed by atoms with van der Waals surface area (Å²) in [5.74, 6) is 0. The minimum Gasteiger partial charge on any atom is -0.339 e. The summed E-state index contributed by atoms with van der Waals surface area (Å²) in [7, 11) is 0. The maximum absolute atomic E-state index is 4.41. The van der Waals surface area contributed by atoms with E-state index >= 15 is 0 Å². The predicted molar refractivity (Wildman–Crippen MR) is 56.6 cm³/mol. The van der Waals surface area contributed by atoms with E-state index in [1.165, 1.54) is 12.8 Å². The van der Waals surface area contributed by atoms with Gasteiger partial charge in [0.1, 0.15) is 12.5 Å². The van der Waals surface area contributed by atoms with Crippen LogP contribution in [-0.2, 0) is 0 Å². The lowest BCUT2D eigenvalue weighted by Gasteiger charge is -2.29. The van der Waals surface area contributed by atoms with Crippen LogP contribution < -0.4 is 0 Å². The van der Waals surface area contributed by atoms with E-state index in [-0.39, 0.29) is 0 Å². The number of nitrogens with zero attached hydrogens (tertiary/aromatic N) is 3. The van der Waals surface area contributed by atoms with Gasteiger partial charge in [-0.3, -0.25) is 5.01 Å². The first kappa shape index (κ1) is 10.4. The fourth-order valence-corrected chi connectivity index (χ4v) is 1.80. The molecule has 3 nitrogen and oxygen atoms in total. The van der Waals surface area contributed by atoms with Gasteiger partial charge in [-0.1, -0.05) is 20.8 Å². The van der Waals surface area contributed by atoms with E-state index in [0.29, 0.717) is 6.17 Å². The van der Waals surface area contributed by atoms with Crippen molar-refractivity contribution in [2.75, 3.05) is 13.1 Å². The Morgan fingerprint density at radius 2 is 1.85 bits per heavy atom. The Morgan fingerprint density at radius 1 is 1.15 bits per heavy atom. The Balaban J connectivity index is 2.47. The molecule has 1 unspecified atom stereocenters. The van der Waals surface area contributed by atoms with Crippen molar-refractivity contribution in [3.8, 4) is 0 Å². The van der Waals surface area contributed by atoms with Gasteiger partial charge in [0, 0.05) is 13.1 Å². The molecule has 1 aliphatic rings. The summed E-state index contributed by atoms with van der Waals surface area (Å²) in [6, 6.07) is 0. The molecular weight excluding hydrogens is 162 g/mol. The topological polar surface area (TPSA) is 18.8 Å². The van der Waals surface area contributed by atoms with E-state index in [0.717, 1.165) is 19.5 Å². The molecule has 0 aromatic carbocycles. The molecule has 0 amide bonds. The molecule has 1 atom stereocenters. The first-order chi connectivity index (χ1) is 6.33. The average Bonchev–Trinajstić information content (AvgIpc) is 2.49. The Bertz CT molecular complexity index is 152. The molecule has 0 spiro atoms. The lowest BCUT2D eigenvalue weighted by atomic mass is 10.3. The maximum Gasteiger partial charge on any atom is 0.118 e. The minimum absolute atomic E-state index is 0.514. The Labute approximate surface area is 81.4 Å². The average molecular weight is 183 g/mol. The molecule has 0 bridgehead atoms. The van der Waals surface area contributed by atoms with Gasteiger partial charge in [0.2, 0.25) is 0 Å².